The van der Waals surface area contributed by atoms with Gasteiger partial charge in [0.15, 0.2) is 0 Å². The summed E-state index contributed by atoms with van der Waals surface area (Å²) in [7, 11) is 0. The van der Waals surface area contributed by atoms with Gasteiger partial charge in [-0.1, -0.05) is 0 Å². The number of thioether (sulfide) groups is 1. The van der Waals surface area contributed by atoms with Crippen molar-refractivity contribution in [2.45, 2.75) is 31.9 Å². The number of pyridine rings is 1. The number of rotatable bonds is 4. The zero-order chi connectivity index (χ0) is 13.7. The van der Waals surface area contributed by atoms with Gasteiger partial charge in [-0.15, -0.1) is 11.8 Å². The van der Waals surface area contributed by atoms with Crippen molar-refractivity contribution in [2.24, 2.45) is 0 Å². The van der Waals surface area contributed by atoms with Gasteiger partial charge in [0.1, 0.15) is 0 Å². The zero-order valence-electron chi connectivity index (χ0n) is 11.5. The number of nitrogens with zero attached hydrogens (tertiary/aromatic N) is 1. The molecule has 0 radical (unpaired) electrons. The molecule has 0 atom stereocenters. The van der Waals surface area contributed by atoms with Gasteiger partial charge in [0, 0.05) is 10.9 Å². The molecular formula is C14H21N3OS. The normalized spacial score (nSPS) is 16.3. The standard InChI is InChI=1S/C14H21N3OS/c1-10-3-4-13(11(2)16-10)17-14(18)9-19-12-5-7-15-8-6-12/h3-4,12,15H,5-9H2,1-2H3,(H,17,18). The predicted octanol–water partition coefficient (Wildman–Crippen LogP) is 2.12. The molecule has 1 aromatic heterocycles. The number of carbonyl (C=O) groups is 1. The van der Waals surface area contributed by atoms with E-state index in [0.717, 1.165) is 43.0 Å². The van der Waals surface area contributed by atoms with Gasteiger partial charge >= 0.3 is 0 Å². The SMILES string of the molecule is Cc1ccc(NC(=O)CSC2CCNCC2)c(C)n1. The predicted molar refractivity (Wildman–Crippen MR) is 80.7 cm³/mol. The van der Waals surface area contributed by atoms with E-state index in [1.165, 1.54) is 0 Å². The summed E-state index contributed by atoms with van der Waals surface area (Å²) in [6.07, 6.45) is 2.31. The third kappa shape index (κ3) is 4.51. The van der Waals surface area contributed by atoms with Crippen molar-refractivity contribution in [3.05, 3.63) is 23.5 Å². The van der Waals surface area contributed by atoms with Crippen LogP contribution in [0.3, 0.4) is 0 Å². The third-order valence-electron chi connectivity index (χ3n) is 3.24. The Balaban J connectivity index is 1.80. The Kier molecular flexibility index (Phi) is 5.22. The first-order chi connectivity index (χ1) is 9.15. The minimum atomic E-state index is 0.0669. The van der Waals surface area contributed by atoms with Crippen LogP contribution in [0.5, 0.6) is 0 Å². The maximum atomic E-state index is 11.9. The smallest absolute Gasteiger partial charge is 0.234 e. The average Bonchev–Trinajstić information content (AvgIpc) is 2.41. The quantitative estimate of drug-likeness (QED) is 0.886. The van der Waals surface area contributed by atoms with Gasteiger partial charge in [-0.05, 0) is 51.9 Å². The molecule has 0 saturated carbocycles. The molecule has 1 fully saturated rings. The van der Waals surface area contributed by atoms with Crippen LogP contribution in [-0.2, 0) is 4.79 Å². The molecule has 2 rings (SSSR count). The van der Waals surface area contributed by atoms with E-state index >= 15 is 0 Å². The molecule has 0 unspecified atom stereocenters. The van der Waals surface area contributed by atoms with E-state index in [-0.39, 0.29) is 5.91 Å². The molecule has 2 N–H and O–H groups in total. The molecule has 1 amide bonds. The number of hydrogen-bond donors (Lipinski definition) is 2. The number of piperidine rings is 1. The highest BCUT2D eigenvalue weighted by molar-refractivity contribution is 8.00. The van der Waals surface area contributed by atoms with Gasteiger partial charge in [0.25, 0.3) is 0 Å². The van der Waals surface area contributed by atoms with Crippen molar-refractivity contribution in [3.63, 3.8) is 0 Å². The van der Waals surface area contributed by atoms with E-state index in [4.69, 9.17) is 0 Å². The van der Waals surface area contributed by atoms with Gasteiger partial charge in [-0.25, -0.2) is 0 Å². The summed E-state index contributed by atoms with van der Waals surface area (Å²) in [6.45, 7) is 6.01. The van der Waals surface area contributed by atoms with E-state index in [1.807, 2.05) is 26.0 Å². The fraction of sp³-hybridized carbons (Fsp3) is 0.571. The topological polar surface area (TPSA) is 54.0 Å². The molecule has 104 valence electrons. The van der Waals surface area contributed by atoms with Crippen LogP contribution in [0.1, 0.15) is 24.2 Å². The number of nitrogens with one attached hydrogen (secondary N) is 2. The average molecular weight is 279 g/mol. The molecule has 1 aromatic rings. The van der Waals surface area contributed by atoms with E-state index < -0.39 is 0 Å². The van der Waals surface area contributed by atoms with Gasteiger partial charge < -0.3 is 10.6 Å². The summed E-state index contributed by atoms with van der Waals surface area (Å²) in [6, 6.07) is 3.84. The summed E-state index contributed by atoms with van der Waals surface area (Å²) < 4.78 is 0. The monoisotopic (exact) mass is 279 g/mol. The molecular weight excluding hydrogens is 258 g/mol. The van der Waals surface area contributed by atoms with Crippen LogP contribution in [0.15, 0.2) is 12.1 Å². The lowest BCUT2D eigenvalue weighted by Crippen LogP contribution is -2.30. The molecule has 4 nitrogen and oxygen atoms in total. The van der Waals surface area contributed by atoms with Crippen LogP contribution in [-0.4, -0.2) is 35.0 Å². The van der Waals surface area contributed by atoms with Crippen LogP contribution in [0, 0.1) is 13.8 Å². The van der Waals surface area contributed by atoms with Crippen molar-refractivity contribution in [2.75, 3.05) is 24.2 Å². The van der Waals surface area contributed by atoms with Crippen LogP contribution >= 0.6 is 11.8 Å². The summed E-state index contributed by atoms with van der Waals surface area (Å²) in [5.74, 6) is 0.593. The number of hydrogen-bond acceptors (Lipinski definition) is 4. The second-order valence-electron chi connectivity index (χ2n) is 4.89. The second kappa shape index (κ2) is 6.91. The van der Waals surface area contributed by atoms with E-state index in [0.29, 0.717) is 11.0 Å². The Hall–Kier alpha value is -1.07. The molecule has 0 bridgehead atoms. The largest absolute Gasteiger partial charge is 0.324 e. The summed E-state index contributed by atoms with van der Waals surface area (Å²) in [5, 5.41) is 6.89. The molecule has 1 saturated heterocycles. The molecule has 5 heteroatoms. The third-order valence-corrected chi connectivity index (χ3v) is 4.61. The molecule has 1 aliphatic rings. The first kappa shape index (κ1) is 14.3. The number of aromatic nitrogens is 1. The van der Waals surface area contributed by atoms with Crippen LogP contribution in [0.4, 0.5) is 5.69 Å². The number of amides is 1. The summed E-state index contributed by atoms with van der Waals surface area (Å²) >= 11 is 1.76. The van der Waals surface area contributed by atoms with Crippen LogP contribution < -0.4 is 10.6 Å². The fourth-order valence-electron chi connectivity index (χ4n) is 2.16. The molecule has 2 heterocycles. The van der Waals surface area contributed by atoms with E-state index in [2.05, 4.69) is 15.6 Å². The lowest BCUT2D eigenvalue weighted by molar-refractivity contribution is -0.113. The first-order valence-corrected chi connectivity index (χ1v) is 7.76. The van der Waals surface area contributed by atoms with Gasteiger partial charge in [-0.3, -0.25) is 9.78 Å². The van der Waals surface area contributed by atoms with Crippen molar-refractivity contribution in [3.8, 4) is 0 Å². The summed E-state index contributed by atoms with van der Waals surface area (Å²) in [4.78, 5) is 16.3. The van der Waals surface area contributed by atoms with Crippen LogP contribution in [0.2, 0.25) is 0 Å². The van der Waals surface area contributed by atoms with Crippen molar-refractivity contribution in [1.82, 2.24) is 10.3 Å². The molecule has 0 aromatic carbocycles. The van der Waals surface area contributed by atoms with Gasteiger partial charge in [-0.2, -0.15) is 0 Å². The minimum Gasteiger partial charge on any atom is -0.324 e. The van der Waals surface area contributed by atoms with E-state index in [1.54, 1.807) is 11.8 Å². The highest BCUT2D eigenvalue weighted by atomic mass is 32.2. The highest BCUT2D eigenvalue weighted by Gasteiger charge is 2.15. The second-order valence-corrected chi connectivity index (χ2v) is 6.18. The van der Waals surface area contributed by atoms with Crippen molar-refractivity contribution >= 4 is 23.4 Å². The maximum Gasteiger partial charge on any atom is 0.234 e. The fourth-order valence-corrected chi connectivity index (χ4v) is 3.19. The Morgan fingerprint density at radius 3 is 2.84 bits per heavy atom. The van der Waals surface area contributed by atoms with Crippen LogP contribution in [0.25, 0.3) is 0 Å². The lowest BCUT2D eigenvalue weighted by Gasteiger charge is -2.21. The Labute approximate surface area is 118 Å². The first-order valence-electron chi connectivity index (χ1n) is 6.71. The molecule has 19 heavy (non-hydrogen) atoms. The van der Waals surface area contributed by atoms with Gasteiger partial charge in [0.05, 0.1) is 17.1 Å². The molecule has 1 aliphatic heterocycles. The molecule has 0 spiro atoms. The van der Waals surface area contributed by atoms with Crippen molar-refractivity contribution in [1.29, 1.82) is 0 Å². The van der Waals surface area contributed by atoms with Crippen molar-refractivity contribution < 1.29 is 4.79 Å². The van der Waals surface area contributed by atoms with E-state index in [9.17, 15) is 4.79 Å². The van der Waals surface area contributed by atoms with Gasteiger partial charge in [0.2, 0.25) is 5.91 Å². The molecule has 0 aliphatic carbocycles. The number of carbonyl (C=O) groups excluding carboxylic acids is 1. The highest BCUT2D eigenvalue weighted by Crippen LogP contribution is 2.20. The minimum absolute atomic E-state index is 0.0669. The number of aryl methyl sites for hydroxylation is 2. The number of anilines is 1. The zero-order valence-corrected chi connectivity index (χ0v) is 12.3. The summed E-state index contributed by atoms with van der Waals surface area (Å²) in [5.41, 5.74) is 2.67. The lowest BCUT2D eigenvalue weighted by atomic mass is 10.2. The Morgan fingerprint density at radius 2 is 2.16 bits per heavy atom. The maximum absolute atomic E-state index is 11.9. The Bertz CT molecular complexity index is 444. The Morgan fingerprint density at radius 1 is 1.42 bits per heavy atom.